The van der Waals surface area contributed by atoms with Gasteiger partial charge in [-0.05, 0) is 47.6 Å². The summed E-state index contributed by atoms with van der Waals surface area (Å²) in [5, 5.41) is 0. The zero-order valence-electron chi connectivity index (χ0n) is 8.82. The first-order valence-electron chi connectivity index (χ1n) is 5.36. The predicted molar refractivity (Wildman–Crippen MR) is 71.7 cm³/mol. The molecule has 0 aromatic heterocycles. The van der Waals surface area contributed by atoms with Gasteiger partial charge in [0.1, 0.15) is 0 Å². The van der Waals surface area contributed by atoms with E-state index in [4.69, 9.17) is 0 Å². The lowest BCUT2D eigenvalue weighted by molar-refractivity contribution is 0.552. The van der Waals surface area contributed by atoms with E-state index in [1.165, 1.54) is 0 Å². The minimum Gasteiger partial charge on any atom is -0.208 e. The molecule has 1 aromatic carbocycles. The summed E-state index contributed by atoms with van der Waals surface area (Å²) in [6.45, 7) is 0. The topological polar surface area (TPSA) is 46.2 Å². The fraction of sp³-hybridized carbons (Fsp3) is 0.455. The summed E-state index contributed by atoms with van der Waals surface area (Å²) in [5.41, 5.74) is 0. The average Bonchev–Trinajstić information content (AvgIpc) is 2.70. The van der Waals surface area contributed by atoms with Gasteiger partial charge in [-0.1, -0.05) is 25.0 Å². The van der Waals surface area contributed by atoms with Crippen molar-refractivity contribution in [2.75, 3.05) is 0 Å². The number of benzene rings is 1. The van der Waals surface area contributed by atoms with Crippen molar-refractivity contribution in [1.29, 1.82) is 0 Å². The Labute approximate surface area is 110 Å². The first-order valence-corrected chi connectivity index (χ1v) is 7.92. The first kappa shape index (κ1) is 12.3. The molecule has 0 spiro atoms. The maximum Gasteiger partial charge on any atom is 0.241 e. The summed E-state index contributed by atoms with van der Waals surface area (Å²) < 4.78 is 27.7. The third kappa shape index (κ3) is 2.75. The summed E-state index contributed by atoms with van der Waals surface area (Å²) in [5.74, 6) is 0. The molecule has 0 radical (unpaired) electrons. The van der Waals surface area contributed by atoms with Crippen molar-refractivity contribution < 1.29 is 8.42 Å². The Kier molecular flexibility index (Phi) is 3.86. The van der Waals surface area contributed by atoms with Crippen LogP contribution >= 0.6 is 22.6 Å². The lowest BCUT2D eigenvalue weighted by Gasteiger charge is -2.13. The molecule has 1 fully saturated rings. The molecule has 1 aliphatic carbocycles. The monoisotopic (exact) mass is 351 g/mol. The third-order valence-electron chi connectivity index (χ3n) is 2.80. The molecule has 0 unspecified atom stereocenters. The molecule has 1 N–H and O–H groups in total. The predicted octanol–water partition coefficient (Wildman–Crippen LogP) is 2.51. The molecule has 0 heterocycles. The van der Waals surface area contributed by atoms with Gasteiger partial charge in [0.2, 0.25) is 10.0 Å². The van der Waals surface area contributed by atoms with E-state index in [1.54, 1.807) is 12.1 Å². The standard InChI is InChI=1S/C11H14INO2S/c12-10-7-3-4-8-11(10)16(14,15)13-9-5-1-2-6-9/h3-4,7-9,13H,1-2,5-6H2. The van der Waals surface area contributed by atoms with Gasteiger partial charge >= 0.3 is 0 Å². The molecule has 0 amide bonds. The van der Waals surface area contributed by atoms with Gasteiger partial charge in [-0.15, -0.1) is 0 Å². The number of nitrogens with one attached hydrogen (secondary N) is 1. The molecule has 88 valence electrons. The maximum atomic E-state index is 12.1. The highest BCUT2D eigenvalue weighted by molar-refractivity contribution is 14.1. The fourth-order valence-electron chi connectivity index (χ4n) is 1.99. The highest BCUT2D eigenvalue weighted by Crippen LogP contribution is 2.22. The van der Waals surface area contributed by atoms with Crippen LogP contribution in [0.5, 0.6) is 0 Å². The molecule has 0 atom stereocenters. The largest absolute Gasteiger partial charge is 0.241 e. The number of hydrogen-bond acceptors (Lipinski definition) is 2. The van der Waals surface area contributed by atoms with Crippen LogP contribution in [0.25, 0.3) is 0 Å². The van der Waals surface area contributed by atoms with Crippen LogP contribution in [0.2, 0.25) is 0 Å². The average molecular weight is 351 g/mol. The van der Waals surface area contributed by atoms with E-state index in [1.807, 2.05) is 12.1 Å². The van der Waals surface area contributed by atoms with Gasteiger partial charge in [0.15, 0.2) is 0 Å². The molecule has 16 heavy (non-hydrogen) atoms. The maximum absolute atomic E-state index is 12.1. The van der Waals surface area contributed by atoms with Crippen molar-refractivity contribution in [3.8, 4) is 0 Å². The Bertz CT molecular complexity index is 467. The Morgan fingerprint density at radius 2 is 1.81 bits per heavy atom. The zero-order valence-corrected chi connectivity index (χ0v) is 11.8. The Morgan fingerprint density at radius 3 is 2.44 bits per heavy atom. The summed E-state index contributed by atoms with van der Waals surface area (Å²) in [6.07, 6.45) is 4.17. The van der Waals surface area contributed by atoms with Gasteiger partial charge in [0, 0.05) is 9.61 Å². The molecular formula is C11H14INO2S. The first-order chi connectivity index (χ1) is 7.59. The van der Waals surface area contributed by atoms with Crippen molar-refractivity contribution in [3.63, 3.8) is 0 Å². The Hall–Kier alpha value is -0.140. The van der Waals surface area contributed by atoms with Crippen LogP contribution in [0.3, 0.4) is 0 Å². The van der Waals surface area contributed by atoms with Crippen LogP contribution in [0.4, 0.5) is 0 Å². The van der Waals surface area contributed by atoms with Gasteiger partial charge in [0.05, 0.1) is 4.90 Å². The molecule has 3 nitrogen and oxygen atoms in total. The van der Waals surface area contributed by atoms with E-state index in [-0.39, 0.29) is 6.04 Å². The number of hydrogen-bond donors (Lipinski definition) is 1. The number of halogens is 1. The number of rotatable bonds is 3. The summed E-state index contributed by atoms with van der Waals surface area (Å²) in [6, 6.07) is 7.19. The van der Waals surface area contributed by atoms with Crippen LogP contribution in [-0.4, -0.2) is 14.5 Å². The minimum atomic E-state index is -3.33. The van der Waals surface area contributed by atoms with E-state index in [9.17, 15) is 8.42 Å². The highest BCUT2D eigenvalue weighted by atomic mass is 127. The van der Waals surface area contributed by atoms with E-state index in [2.05, 4.69) is 27.3 Å². The molecule has 5 heteroatoms. The molecular weight excluding hydrogens is 337 g/mol. The van der Waals surface area contributed by atoms with E-state index >= 15 is 0 Å². The Balaban J connectivity index is 2.21. The normalized spacial score (nSPS) is 17.8. The summed E-state index contributed by atoms with van der Waals surface area (Å²) in [4.78, 5) is 0.391. The van der Waals surface area contributed by atoms with E-state index < -0.39 is 10.0 Å². The van der Waals surface area contributed by atoms with E-state index in [0.29, 0.717) is 4.90 Å². The molecule has 0 bridgehead atoms. The molecule has 1 aliphatic rings. The van der Waals surface area contributed by atoms with E-state index in [0.717, 1.165) is 29.3 Å². The smallest absolute Gasteiger partial charge is 0.208 e. The van der Waals surface area contributed by atoms with Crippen LogP contribution in [0, 0.1) is 3.57 Å². The quantitative estimate of drug-likeness (QED) is 0.851. The Morgan fingerprint density at radius 1 is 1.19 bits per heavy atom. The van der Waals surface area contributed by atoms with Crippen molar-refractivity contribution in [2.45, 2.75) is 36.6 Å². The fourth-order valence-corrected chi connectivity index (χ4v) is 4.63. The molecule has 1 saturated carbocycles. The summed E-state index contributed by atoms with van der Waals surface area (Å²) in [7, 11) is -3.33. The highest BCUT2D eigenvalue weighted by Gasteiger charge is 2.23. The van der Waals surface area contributed by atoms with Crippen molar-refractivity contribution >= 4 is 32.6 Å². The SMILES string of the molecule is O=S(=O)(NC1CCCC1)c1ccccc1I. The van der Waals surface area contributed by atoms with Gasteiger partial charge in [0.25, 0.3) is 0 Å². The number of sulfonamides is 1. The molecule has 1 aromatic rings. The molecule has 0 saturated heterocycles. The summed E-state index contributed by atoms with van der Waals surface area (Å²) >= 11 is 2.05. The van der Waals surface area contributed by atoms with Crippen molar-refractivity contribution in [1.82, 2.24) is 4.72 Å². The second-order valence-electron chi connectivity index (χ2n) is 4.03. The zero-order chi connectivity index (χ0) is 11.6. The second-order valence-corrected chi connectivity index (χ2v) is 6.88. The lowest BCUT2D eigenvalue weighted by atomic mass is 10.3. The minimum absolute atomic E-state index is 0.126. The van der Waals surface area contributed by atoms with Crippen LogP contribution in [0.1, 0.15) is 25.7 Å². The van der Waals surface area contributed by atoms with Gasteiger partial charge in [-0.25, -0.2) is 13.1 Å². The second kappa shape index (κ2) is 5.01. The molecule has 2 rings (SSSR count). The van der Waals surface area contributed by atoms with Gasteiger partial charge in [-0.2, -0.15) is 0 Å². The van der Waals surface area contributed by atoms with Crippen molar-refractivity contribution in [2.24, 2.45) is 0 Å². The van der Waals surface area contributed by atoms with Crippen LogP contribution < -0.4 is 4.72 Å². The lowest BCUT2D eigenvalue weighted by Crippen LogP contribution is -2.33. The molecule has 0 aliphatic heterocycles. The van der Waals surface area contributed by atoms with Gasteiger partial charge in [-0.3, -0.25) is 0 Å². The van der Waals surface area contributed by atoms with Crippen molar-refractivity contribution in [3.05, 3.63) is 27.8 Å². The van der Waals surface area contributed by atoms with Gasteiger partial charge < -0.3 is 0 Å². The van der Waals surface area contributed by atoms with Crippen LogP contribution in [0.15, 0.2) is 29.2 Å². The third-order valence-corrected chi connectivity index (χ3v) is 5.69. The van der Waals surface area contributed by atoms with Crippen LogP contribution in [-0.2, 0) is 10.0 Å².